The Balaban J connectivity index is 1.91. The van der Waals surface area contributed by atoms with Crippen molar-refractivity contribution in [3.05, 3.63) is 29.3 Å². The molecule has 1 saturated carbocycles. The van der Waals surface area contributed by atoms with E-state index in [4.69, 9.17) is 0 Å². The minimum absolute atomic E-state index is 0.494. The Kier molecular flexibility index (Phi) is 2.85. The summed E-state index contributed by atoms with van der Waals surface area (Å²) in [4.78, 5) is 2.30. The van der Waals surface area contributed by atoms with Crippen LogP contribution >= 0.6 is 0 Å². The Morgan fingerprint density at radius 3 is 2.95 bits per heavy atom. The minimum atomic E-state index is 0.494. The molecule has 0 amide bonds. The van der Waals surface area contributed by atoms with Gasteiger partial charge in [0.25, 0.3) is 0 Å². The second kappa shape index (κ2) is 4.49. The molecule has 1 aromatic carbocycles. The molecule has 1 aromatic rings. The molecule has 0 unspecified atom stereocenters. The topological polar surface area (TPSA) is 15.3 Å². The largest absolute Gasteiger partial charge is 0.377 e. The van der Waals surface area contributed by atoms with Crippen molar-refractivity contribution in [2.45, 2.75) is 50.0 Å². The number of fused-ring (bicyclic) bond motifs is 1. The van der Waals surface area contributed by atoms with Crippen LogP contribution in [-0.2, 0) is 11.8 Å². The van der Waals surface area contributed by atoms with E-state index < -0.39 is 0 Å². The standard InChI is InChI=1S/C18H26N2/c1-20(2)17-8-5-7-14-13(17)12-16-15-6-3-4-9-18(14,15)10-11-19-16/h5,7-8,15-16,19H,3-4,6,9-12H2,1-2H3/t15-,16+,18-/m0/s1. The average molecular weight is 270 g/mol. The van der Waals surface area contributed by atoms with Crippen molar-refractivity contribution < 1.29 is 0 Å². The fourth-order valence-electron chi connectivity index (χ4n) is 5.36. The molecular weight excluding hydrogens is 244 g/mol. The molecule has 1 N–H and O–H groups in total. The molecule has 3 atom stereocenters. The van der Waals surface area contributed by atoms with Gasteiger partial charge < -0.3 is 10.2 Å². The number of anilines is 1. The van der Waals surface area contributed by atoms with Gasteiger partial charge >= 0.3 is 0 Å². The van der Waals surface area contributed by atoms with Crippen molar-refractivity contribution >= 4 is 5.69 Å². The maximum atomic E-state index is 3.83. The smallest absolute Gasteiger partial charge is 0.0397 e. The first-order chi connectivity index (χ1) is 9.72. The van der Waals surface area contributed by atoms with Gasteiger partial charge in [0.1, 0.15) is 0 Å². The first-order valence-electron chi connectivity index (χ1n) is 8.25. The van der Waals surface area contributed by atoms with Crippen LogP contribution in [0.15, 0.2) is 18.2 Å². The van der Waals surface area contributed by atoms with Crippen LogP contribution in [0, 0.1) is 5.92 Å². The summed E-state index contributed by atoms with van der Waals surface area (Å²) >= 11 is 0. The van der Waals surface area contributed by atoms with Crippen molar-refractivity contribution in [2.75, 3.05) is 25.5 Å². The molecule has 2 aliphatic carbocycles. The van der Waals surface area contributed by atoms with E-state index in [2.05, 4.69) is 42.5 Å². The van der Waals surface area contributed by atoms with E-state index in [1.54, 1.807) is 11.1 Å². The third-order valence-electron chi connectivity index (χ3n) is 6.15. The van der Waals surface area contributed by atoms with Crippen molar-refractivity contribution in [1.29, 1.82) is 0 Å². The van der Waals surface area contributed by atoms with Crippen LogP contribution in [0.2, 0.25) is 0 Å². The molecule has 1 saturated heterocycles. The zero-order valence-corrected chi connectivity index (χ0v) is 12.8. The molecule has 2 bridgehead atoms. The predicted octanol–water partition coefficient (Wildman–Crippen LogP) is 3.10. The summed E-state index contributed by atoms with van der Waals surface area (Å²) in [5.41, 5.74) is 5.27. The van der Waals surface area contributed by atoms with Gasteiger partial charge in [-0.3, -0.25) is 0 Å². The van der Waals surface area contributed by atoms with Gasteiger partial charge in [0.15, 0.2) is 0 Å². The number of hydrogen-bond acceptors (Lipinski definition) is 2. The highest BCUT2D eigenvalue weighted by Gasteiger charge is 2.51. The number of nitrogens with one attached hydrogen (secondary N) is 1. The van der Waals surface area contributed by atoms with Crippen molar-refractivity contribution in [2.24, 2.45) is 5.92 Å². The first-order valence-corrected chi connectivity index (χ1v) is 8.25. The first kappa shape index (κ1) is 12.7. The van der Waals surface area contributed by atoms with Gasteiger partial charge in [-0.15, -0.1) is 0 Å². The van der Waals surface area contributed by atoms with E-state index in [0.29, 0.717) is 5.41 Å². The summed E-state index contributed by atoms with van der Waals surface area (Å²) in [6.45, 7) is 1.22. The fourth-order valence-corrected chi connectivity index (χ4v) is 5.36. The molecular formula is C18H26N2. The number of hydrogen-bond donors (Lipinski definition) is 1. The van der Waals surface area contributed by atoms with E-state index in [1.807, 2.05) is 0 Å². The lowest BCUT2D eigenvalue weighted by atomic mass is 9.52. The summed E-state index contributed by atoms with van der Waals surface area (Å²) < 4.78 is 0. The molecule has 1 aliphatic heterocycles. The highest BCUT2D eigenvalue weighted by atomic mass is 15.1. The van der Waals surface area contributed by atoms with Crippen LogP contribution in [0.4, 0.5) is 5.69 Å². The molecule has 3 aliphatic rings. The van der Waals surface area contributed by atoms with Crippen molar-refractivity contribution in [3.8, 4) is 0 Å². The number of rotatable bonds is 1. The van der Waals surface area contributed by atoms with E-state index in [0.717, 1.165) is 12.0 Å². The molecule has 0 aromatic heterocycles. The van der Waals surface area contributed by atoms with E-state index in [-0.39, 0.29) is 0 Å². The van der Waals surface area contributed by atoms with Gasteiger partial charge in [-0.1, -0.05) is 25.0 Å². The minimum Gasteiger partial charge on any atom is -0.377 e. The molecule has 0 radical (unpaired) electrons. The normalized spacial score (nSPS) is 35.1. The van der Waals surface area contributed by atoms with Crippen LogP contribution in [0.3, 0.4) is 0 Å². The Morgan fingerprint density at radius 1 is 1.20 bits per heavy atom. The van der Waals surface area contributed by atoms with Crippen LogP contribution in [0.1, 0.15) is 43.2 Å². The monoisotopic (exact) mass is 270 g/mol. The maximum Gasteiger partial charge on any atom is 0.0397 e. The van der Waals surface area contributed by atoms with Gasteiger partial charge in [0.2, 0.25) is 0 Å². The predicted molar refractivity (Wildman–Crippen MR) is 84.5 cm³/mol. The lowest BCUT2D eigenvalue weighted by molar-refractivity contribution is 0.0799. The van der Waals surface area contributed by atoms with Gasteiger partial charge in [-0.05, 0) is 55.3 Å². The van der Waals surface area contributed by atoms with Crippen LogP contribution in [-0.4, -0.2) is 26.7 Å². The highest BCUT2D eigenvalue weighted by Crippen LogP contribution is 2.54. The van der Waals surface area contributed by atoms with E-state index in [1.165, 1.54) is 50.8 Å². The van der Waals surface area contributed by atoms with Gasteiger partial charge in [-0.25, -0.2) is 0 Å². The summed E-state index contributed by atoms with van der Waals surface area (Å²) in [6, 6.07) is 7.76. The van der Waals surface area contributed by atoms with Gasteiger partial charge in [-0.2, -0.15) is 0 Å². The van der Waals surface area contributed by atoms with Crippen LogP contribution in [0.25, 0.3) is 0 Å². The second-order valence-corrected chi connectivity index (χ2v) is 7.22. The van der Waals surface area contributed by atoms with E-state index >= 15 is 0 Å². The molecule has 2 fully saturated rings. The quantitative estimate of drug-likeness (QED) is 0.843. The molecule has 4 rings (SSSR count). The Bertz CT molecular complexity index is 518. The molecule has 20 heavy (non-hydrogen) atoms. The molecule has 2 nitrogen and oxygen atoms in total. The van der Waals surface area contributed by atoms with Crippen LogP contribution < -0.4 is 10.2 Å². The SMILES string of the molecule is CN(C)c1cccc2c1C[C@H]1NCC[C@@]23CCCC[C@@H]13. The highest BCUT2D eigenvalue weighted by molar-refractivity contribution is 5.60. The Morgan fingerprint density at radius 2 is 2.10 bits per heavy atom. The Hall–Kier alpha value is -1.02. The third-order valence-corrected chi connectivity index (χ3v) is 6.15. The lowest BCUT2D eigenvalue weighted by Crippen LogP contribution is -2.59. The fraction of sp³-hybridized carbons (Fsp3) is 0.667. The average Bonchev–Trinajstić information content (AvgIpc) is 2.46. The summed E-state index contributed by atoms with van der Waals surface area (Å²) in [5.74, 6) is 0.884. The maximum absolute atomic E-state index is 3.83. The zero-order valence-electron chi connectivity index (χ0n) is 12.8. The van der Waals surface area contributed by atoms with E-state index in [9.17, 15) is 0 Å². The zero-order chi connectivity index (χ0) is 13.7. The Labute approximate surface area is 122 Å². The van der Waals surface area contributed by atoms with Crippen molar-refractivity contribution in [1.82, 2.24) is 5.32 Å². The number of piperidine rings is 1. The van der Waals surface area contributed by atoms with Gasteiger partial charge in [0.05, 0.1) is 0 Å². The van der Waals surface area contributed by atoms with Crippen molar-refractivity contribution in [3.63, 3.8) is 0 Å². The summed E-state index contributed by atoms with van der Waals surface area (Å²) in [7, 11) is 4.37. The molecule has 108 valence electrons. The molecule has 2 heteroatoms. The second-order valence-electron chi connectivity index (χ2n) is 7.22. The molecule has 0 spiro atoms. The number of nitrogens with zero attached hydrogens (tertiary/aromatic N) is 1. The van der Waals surface area contributed by atoms with Crippen LogP contribution in [0.5, 0.6) is 0 Å². The summed E-state index contributed by atoms with van der Waals surface area (Å²) in [5, 5.41) is 3.83. The summed E-state index contributed by atoms with van der Waals surface area (Å²) in [6.07, 6.45) is 8.29. The molecule has 1 heterocycles. The third kappa shape index (κ3) is 1.60. The van der Waals surface area contributed by atoms with Gasteiger partial charge in [0, 0.05) is 31.2 Å². The lowest BCUT2D eigenvalue weighted by Gasteiger charge is -2.56. The number of benzene rings is 1.